The molecular formula is C16H31NO4. The number of unbranched alkanes of at least 4 members (excludes halogenated alkanes) is 1. The van der Waals surface area contributed by atoms with Gasteiger partial charge in [-0.05, 0) is 47.5 Å². The van der Waals surface area contributed by atoms with Gasteiger partial charge in [0, 0.05) is 0 Å². The Bertz CT molecular complexity index is 349. The SMILES string of the molecule is CCCC[C@@H](O)CC1COC(C)(C)N1C(=O)OC(C)(C)C. The maximum Gasteiger partial charge on any atom is 0.412 e. The monoisotopic (exact) mass is 301 g/mol. The van der Waals surface area contributed by atoms with Gasteiger partial charge in [-0.2, -0.15) is 0 Å². The molecule has 0 aromatic rings. The highest BCUT2D eigenvalue weighted by Gasteiger charge is 2.46. The van der Waals surface area contributed by atoms with E-state index in [9.17, 15) is 9.90 Å². The Morgan fingerprint density at radius 3 is 2.62 bits per heavy atom. The zero-order valence-electron chi connectivity index (χ0n) is 14.3. The van der Waals surface area contributed by atoms with Crippen LogP contribution in [0.3, 0.4) is 0 Å². The summed E-state index contributed by atoms with van der Waals surface area (Å²) in [6.07, 6.45) is 2.55. The second-order valence-electron chi connectivity index (χ2n) is 7.29. The first-order valence-electron chi connectivity index (χ1n) is 7.91. The lowest BCUT2D eigenvalue weighted by molar-refractivity contribution is -0.0637. The van der Waals surface area contributed by atoms with E-state index in [1.807, 2.05) is 34.6 Å². The molecule has 0 saturated carbocycles. The quantitative estimate of drug-likeness (QED) is 0.846. The highest BCUT2D eigenvalue weighted by atomic mass is 16.6. The molecule has 0 bridgehead atoms. The van der Waals surface area contributed by atoms with Crippen LogP contribution in [-0.4, -0.2) is 46.2 Å². The van der Waals surface area contributed by atoms with E-state index in [0.29, 0.717) is 13.0 Å². The fraction of sp³-hybridized carbons (Fsp3) is 0.938. The summed E-state index contributed by atoms with van der Waals surface area (Å²) in [5, 5.41) is 10.1. The smallest absolute Gasteiger partial charge is 0.412 e. The molecule has 1 N–H and O–H groups in total. The Morgan fingerprint density at radius 2 is 2.10 bits per heavy atom. The molecule has 1 aliphatic heterocycles. The summed E-state index contributed by atoms with van der Waals surface area (Å²) in [7, 11) is 0. The predicted molar refractivity (Wildman–Crippen MR) is 82.0 cm³/mol. The first kappa shape index (κ1) is 18.2. The maximum absolute atomic E-state index is 12.4. The highest BCUT2D eigenvalue weighted by molar-refractivity contribution is 5.69. The van der Waals surface area contributed by atoms with E-state index in [-0.39, 0.29) is 12.1 Å². The summed E-state index contributed by atoms with van der Waals surface area (Å²) < 4.78 is 11.2. The Kier molecular flexibility index (Phi) is 6.05. The number of nitrogens with zero attached hydrogens (tertiary/aromatic N) is 1. The van der Waals surface area contributed by atoms with E-state index < -0.39 is 17.4 Å². The third-order valence-electron chi connectivity index (χ3n) is 3.60. The van der Waals surface area contributed by atoms with Gasteiger partial charge >= 0.3 is 6.09 Å². The zero-order chi connectivity index (χ0) is 16.3. The van der Waals surface area contributed by atoms with Gasteiger partial charge in [0.1, 0.15) is 11.3 Å². The second kappa shape index (κ2) is 6.97. The summed E-state index contributed by atoms with van der Waals surface area (Å²) in [6.45, 7) is 11.8. The molecular weight excluding hydrogens is 270 g/mol. The molecule has 124 valence electrons. The summed E-state index contributed by atoms with van der Waals surface area (Å²) in [5.41, 5.74) is -1.24. The van der Waals surface area contributed by atoms with Crippen molar-refractivity contribution in [3.63, 3.8) is 0 Å². The van der Waals surface area contributed by atoms with Crippen molar-refractivity contribution in [2.45, 2.75) is 90.7 Å². The highest BCUT2D eigenvalue weighted by Crippen LogP contribution is 2.31. The lowest BCUT2D eigenvalue weighted by Gasteiger charge is -2.35. The Hall–Kier alpha value is -0.810. The van der Waals surface area contributed by atoms with Gasteiger partial charge < -0.3 is 14.6 Å². The van der Waals surface area contributed by atoms with Crippen LogP contribution in [0, 0.1) is 0 Å². The number of carbonyl (C=O) groups excluding carboxylic acids is 1. The molecule has 1 aliphatic rings. The van der Waals surface area contributed by atoms with E-state index in [1.165, 1.54) is 0 Å². The van der Waals surface area contributed by atoms with Gasteiger partial charge in [-0.3, -0.25) is 4.90 Å². The topological polar surface area (TPSA) is 59.0 Å². The van der Waals surface area contributed by atoms with Gasteiger partial charge in [-0.25, -0.2) is 4.79 Å². The molecule has 0 aromatic heterocycles. The molecule has 1 unspecified atom stereocenters. The van der Waals surface area contributed by atoms with E-state index in [2.05, 4.69) is 6.92 Å². The molecule has 1 amide bonds. The first-order valence-corrected chi connectivity index (χ1v) is 7.91. The van der Waals surface area contributed by atoms with Crippen LogP contribution < -0.4 is 0 Å². The number of aliphatic hydroxyl groups is 1. The maximum atomic E-state index is 12.4. The van der Waals surface area contributed by atoms with Crippen molar-refractivity contribution in [3.8, 4) is 0 Å². The summed E-state index contributed by atoms with van der Waals surface area (Å²) in [4.78, 5) is 14.1. The summed E-state index contributed by atoms with van der Waals surface area (Å²) >= 11 is 0. The third-order valence-corrected chi connectivity index (χ3v) is 3.60. The Morgan fingerprint density at radius 1 is 1.48 bits per heavy atom. The van der Waals surface area contributed by atoms with Gasteiger partial charge in [-0.15, -0.1) is 0 Å². The van der Waals surface area contributed by atoms with Crippen molar-refractivity contribution < 1.29 is 19.4 Å². The standard InChI is InChI=1S/C16H31NO4/c1-7-8-9-13(18)10-12-11-20-16(5,6)17(12)14(19)21-15(2,3)4/h12-13,18H,7-11H2,1-6H3/t12?,13-/m1/s1. The van der Waals surface area contributed by atoms with Crippen LogP contribution in [0.4, 0.5) is 4.79 Å². The summed E-state index contributed by atoms with van der Waals surface area (Å²) in [6, 6.07) is -0.137. The fourth-order valence-electron chi connectivity index (χ4n) is 2.61. The van der Waals surface area contributed by atoms with Crippen LogP contribution in [0.5, 0.6) is 0 Å². The van der Waals surface area contributed by atoms with Crippen LogP contribution >= 0.6 is 0 Å². The molecule has 1 rings (SSSR count). The second-order valence-corrected chi connectivity index (χ2v) is 7.29. The molecule has 0 spiro atoms. The number of carbonyl (C=O) groups is 1. The minimum atomic E-state index is -0.697. The fourth-order valence-corrected chi connectivity index (χ4v) is 2.61. The van der Waals surface area contributed by atoms with E-state index in [1.54, 1.807) is 4.90 Å². The van der Waals surface area contributed by atoms with Gasteiger partial charge in [-0.1, -0.05) is 19.8 Å². The molecule has 5 nitrogen and oxygen atoms in total. The van der Waals surface area contributed by atoms with Crippen molar-refractivity contribution in [2.24, 2.45) is 0 Å². The van der Waals surface area contributed by atoms with Crippen LogP contribution in [0.2, 0.25) is 0 Å². The molecule has 1 fully saturated rings. The molecule has 0 aliphatic carbocycles. The van der Waals surface area contributed by atoms with Crippen molar-refractivity contribution >= 4 is 6.09 Å². The van der Waals surface area contributed by atoms with Crippen LogP contribution in [0.15, 0.2) is 0 Å². The number of aliphatic hydroxyl groups excluding tert-OH is 1. The average molecular weight is 301 g/mol. The van der Waals surface area contributed by atoms with Crippen molar-refractivity contribution in [3.05, 3.63) is 0 Å². The number of rotatable bonds is 5. The van der Waals surface area contributed by atoms with Gasteiger partial charge in [0.15, 0.2) is 0 Å². The average Bonchev–Trinajstić information content (AvgIpc) is 2.59. The molecule has 0 radical (unpaired) electrons. The summed E-state index contributed by atoms with van der Waals surface area (Å²) in [5.74, 6) is 0. The van der Waals surface area contributed by atoms with Crippen LogP contribution in [0.1, 0.15) is 67.2 Å². The predicted octanol–water partition coefficient (Wildman–Crippen LogP) is 3.30. The van der Waals surface area contributed by atoms with Crippen molar-refractivity contribution in [1.82, 2.24) is 4.90 Å². The lowest BCUT2D eigenvalue weighted by atomic mass is 10.0. The largest absolute Gasteiger partial charge is 0.444 e. The molecule has 1 heterocycles. The van der Waals surface area contributed by atoms with Crippen molar-refractivity contribution in [1.29, 1.82) is 0 Å². The molecule has 5 heteroatoms. The number of hydrogen-bond acceptors (Lipinski definition) is 4. The number of amides is 1. The minimum absolute atomic E-state index is 0.137. The van der Waals surface area contributed by atoms with E-state index >= 15 is 0 Å². The van der Waals surface area contributed by atoms with Gasteiger partial charge in [0.05, 0.1) is 18.8 Å². The van der Waals surface area contributed by atoms with Crippen molar-refractivity contribution in [2.75, 3.05) is 6.61 Å². The van der Waals surface area contributed by atoms with E-state index in [4.69, 9.17) is 9.47 Å². The molecule has 21 heavy (non-hydrogen) atoms. The zero-order valence-corrected chi connectivity index (χ0v) is 14.3. The van der Waals surface area contributed by atoms with Crippen LogP contribution in [-0.2, 0) is 9.47 Å². The first-order chi connectivity index (χ1) is 9.57. The number of hydrogen-bond donors (Lipinski definition) is 1. The number of ether oxygens (including phenoxy) is 2. The van der Waals surface area contributed by atoms with E-state index in [0.717, 1.165) is 19.3 Å². The lowest BCUT2D eigenvalue weighted by Crippen LogP contribution is -2.50. The Balaban J connectivity index is 2.72. The van der Waals surface area contributed by atoms with Gasteiger partial charge in [0.25, 0.3) is 0 Å². The minimum Gasteiger partial charge on any atom is -0.444 e. The van der Waals surface area contributed by atoms with Crippen LogP contribution in [0.25, 0.3) is 0 Å². The molecule has 0 aromatic carbocycles. The Labute approximate surface area is 128 Å². The normalized spacial score (nSPS) is 23.2. The molecule has 1 saturated heterocycles. The molecule has 2 atom stereocenters. The third kappa shape index (κ3) is 5.47. The van der Waals surface area contributed by atoms with Gasteiger partial charge in [0.2, 0.25) is 0 Å².